The van der Waals surface area contributed by atoms with Crippen molar-refractivity contribution in [2.75, 3.05) is 26.7 Å². The Morgan fingerprint density at radius 3 is 2.44 bits per heavy atom. The Labute approximate surface area is 161 Å². The van der Waals surface area contributed by atoms with Crippen LogP contribution in [-0.4, -0.2) is 49.3 Å². The maximum atomic E-state index is 12.7. The maximum absolute atomic E-state index is 12.7. The van der Waals surface area contributed by atoms with E-state index in [1.165, 1.54) is 23.1 Å². The third-order valence-corrected chi connectivity index (χ3v) is 5.29. The number of esters is 1. The second-order valence-electron chi connectivity index (χ2n) is 8.29. The molecule has 0 saturated carbocycles. The van der Waals surface area contributed by atoms with E-state index in [4.69, 9.17) is 9.47 Å². The molecule has 148 valence electrons. The highest BCUT2D eigenvalue weighted by Crippen LogP contribution is 2.38. The molecule has 6 nitrogen and oxygen atoms in total. The SMILES string of the molecule is COC(=O)[C@H]1c2cccc(C3CCNCC3)c2CCN1C(=O)OC(C)(C)C. The second kappa shape index (κ2) is 7.89. The summed E-state index contributed by atoms with van der Waals surface area (Å²) in [4.78, 5) is 26.9. The van der Waals surface area contributed by atoms with Crippen LogP contribution in [0.2, 0.25) is 0 Å². The van der Waals surface area contributed by atoms with Crippen LogP contribution in [0.15, 0.2) is 18.2 Å². The second-order valence-corrected chi connectivity index (χ2v) is 8.29. The molecule has 6 heteroatoms. The summed E-state index contributed by atoms with van der Waals surface area (Å²) in [6.07, 6.45) is 2.43. The van der Waals surface area contributed by atoms with Crippen molar-refractivity contribution in [3.63, 3.8) is 0 Å². The van der Waals surface area contributed by atoms with Crippen LogP contribution in [0, 0.1) is 0 Å². The van der Waals surface area contributed by atoms with Crippen molar-refractivity contribution in [1.82, 2.24) is 10.2 Å². The van der Waals surface area contributed by atoms with Crippen LogP contribution in [-0.2, 0) is 20.7 Å². The van der Waals surface area contributed by atoms with Crippen molar-refractivity contribution in [3.05, 3.63) is 34.9 Å². The van der Waals surface area contributed by atoms with Gasteiger partial charge in [-0.2, -0.15) is 0 Å². The molecule has 0 radical (unpaired) electrons. The minimum absolute atomic E-state index is 0.427. The monoisotopic (exact) mass is 374 g/mol. The van der Waals surface area contributed by atoms with E-state index < -0.39 is 23.7 Å². The van der Waals surface area contributed by atoms with Gasteiger partial charge in [0.15, 0.2) is 6.04 Å². The minimum atomic E-state index is -0.754. The summed E-state index contributed by atoms with van der Waals surface area (Å²) in [6.45, 7) is 7.95. The number of nitrogens with one attached hydrogen (secondary N) is 1. The van der Waals surface area contributed by atoms with Gasteiger partial charge in [-0.15, -0.1) is 0 Å². The van der Waals surface area contributed by atoms with Gasteiger partial charge in [-0.1, -0.05) is 18.2 Å². The molecule has 27 heavy (non-hydrogen) atoms. The van der Waals surface area contributed by atoms with Gasteiger partial charge in [0, 0.05) is 6.54 Å². The Kier molecular flexibility index (Phi) is 5.75. The van der Waals surface area contributed by atoms with Gasteiger partial charge in [0.25, 0.3) is 0 Å². The highest BCUT2D eigenvalue weighted by molar-refractivity contribution is 5.84. The quantitative estimate of drug-likeness (QED) is 0.806. The zero-order valence-electron chi connectivity index (χ0n) is 16.7. The normalized spacial score (nSPS) is 20.7. The molecule has 0 spiro atoms. The third kappa shape index (κ3) is 4.26. The van der Waals surface area contributed by atoms with Crippen molar-refractivity contribution < 1.29 is 19.1 Å². The predicted molar refractivity (Wildman–Crippen MR) is 103 cm³/mol. The number of methoxy groups -OCH3 is 1. The van der Waals surface area contributed by atoms with E-state index >= 15 is 0 Å². The molecule has 1 amide bonds. The van der Waals surface area contributed by atoms with Crippen LogP contribution in [0.1, 0.15) is 62.3 Å². The lowest BCUT2D eigenvalue weighted by atomic mass is 9.81. The van der Waals surface area contributed by atoms with Gasteiger partial charge in [0.05, 0.1) is 7.11 Å². The molecular formula is C21H30N2O4. The number of fused-ring (bicyclic) bond motifs is 1. The fourth-order valence-corrected chi connectivity index (χ4v) is 4.10. The molecule has 1 aromatic rings. The van der Waals surface area contributed by atoms with Crippen molar-refractivity contribution in [1.29, 1.82) is 0 Å². The predicted octanol–water partition coefficient (Wildman–Crippen LogP) is 3.16. The zero-order chi connectivity index (χ0) is 19.6. The largest absolute Gasteiger partial charge is 0.467 e. The molecule has 3 rings (SSSR count). The van der Waals surface area contributed by atoms with Gasteiger partial charge < -0.3 is 14.8 Å². The fourth-order valence-electron chi connectivity index (χ4n) is 4.10. The summed E-state index contributed by atoms with van der Waals surface area (Å²) >= 11 is 0. The number of hydrogen-bond acceptors (Lipinski definition) is 5. The molecule has 1 N–H and O–H groups in total. The number of amides is 1. The van der Waals surface area contributed by atoms with Gasteiger partial charge in [0.1, 0.15) is 5.60 Å². The van der Waals surface area contributed by atoms with E-state index in [2.05, 4.69) is 11.4 Å². The van der Waals surface area contributed by atoms with Crippen LogP contribution >= 0.6 is 0 Å². The Morgan fingerprint density at radius 1 is 1.15 bits per heavy atom. The molecular weight excluding hydrogens is 344 g/mol. The van der Waals surface area contributed by atoms with Crippen molar-refractivity contribution in [3.8, 4) is 0 Å². The zero-order valence-corrected chi connectivity index (χ0v) is 16.7. The average Bonchev–Trinajstić information content (AvgIpc) is 2.65. The molecule has 1 fully saturated rings. The van der Waals surface area contributed by atoms with E-state index in [0.717, 1.165) is 37.9 Å². The number of carbonyl (C=O) groups is 2. The topological polar surface area (TPSA) is 67.9 Å². The Bertz CT molecular complexity index is 705. The molecule has 2 aliphatic heterocycles. The molecule has 2 heterocycles. The molecule has 0 unspecified atom stereocenters. The van der Waals surface area contributed by atoms with E-state index in [1.807, 2.05) is 32.9 Å². The number of carbonyl (C=O) groups excluding carboxylic acids is 2. The third-order valence-electron chi connectivity index (χ3n) is 5.29. The van der Waals surface area contributed by atoms with Gasteiger partial charge in [-0.05, 0) is 75.7 Å². The number of benzene rings is 1. The van der Waals surface area contributed by atoms with Crippen molar-refractivity contribution in [2.24, 2.45) is 0 Å². The Morgan fingerprint density at radius 2 is 1.81 bits per heavy atom. The molecule has 2 aliphatic rings. The minimum Gasteiger partial charge on any atom is -0.467 e. The molecule has 1 atom stereocenters. The summed E-state index contributed by atoms with van der Waals surface area (Å²) in [6, 6.07) is 5.35. The molecule has 1 aromatic carbocycles. The van der Waals surface area contributed by atoms with Gasteiger partial charge in [0.2, 0.25) is 0 Å². The summed E-state index contributed by atoms with van der Waals surface area (Å²) in [5.41, 5.74) is 2.76. The average molecular weight is 374 g/mol. The van der Waals surface area contributed by atoms with Gasteiger partial charge >= 0.3 is 12.1 Å². The standard InChI is InChI=1S/C21H30N2O4/c1-21(2,3)27-20(25)23-13-10-16-15(14-8-11-22-12-9-14)6-5-7-17(16)18(23)19(24)26-4/h5-7,14,18,22H,8-13H2,1-4H3/t18-/m1/s1. The Balaban J connectivity index is 1.96. The summed E-state index contributed by atoms with van der Waals surface area (Å²) in [5, 5.41) is 3.40. The van der Waals surface area contributed by atoms with Crippen LogP contribution in [0.25, 0.3) is 0 Å². The molecule has 1 saturated heterocycles. The molecule has 0 aliphatic carbocycles. The molecule has 0 bridgehead atoms. The number of piperidine rings is 1. The van der Waals surface area contributed by atoms with Crippen LogP contribution in [0.4, 0.5) is 4.79 Å². The number of ether oxygens (including phenoxy) is 2. The first kappa shape index (κ1) is 19.7. The summed E-state index contributed by atoms with van der Waals surface area (Å²) in [5.74, 6) is 0.0665. The van der Waals surface area contributed by atoms with Crippen LogP contribution < -0.4 is 5.32 Å². The lowest BCUT2D eigenvalue weighted by Gasteiger charge is -2.38. The molecule has 0 aromatic heterocycles. The first-order chi connectivity index (χ1) is 12.8. The van der Waals surface area contributed by atoms with Gasteiger partial charge in [-0.3, -0.25) is 4.90 Å². The van der Waals surface area contributed by atoms with Crippen molar-refractivity contribution in [2.45, 2.75) is 57.6 Å². The van der Waals surface area contributed by atoms with Gasteiger partial charge in [-0.25, -0.2) is 9.59 Å². The summed E-state index contributed by atoms with van der Waals surface area (Å²) in [7, 11) is 1.36. The lowest BCUT2D eigenvalue weighted by molar-refractivity contribution is -0.147. The van der Waals surface area contributed by atoms with E-state index in [9.17, 15) is 9.59 Å². The van der Waals surface area contributed by atoms with Crippen LogP contribution in [0.5, 0.6) is 0 Å². The first-order valence-electron chi connectivity index (χ1n) is 9.71. The fraction of sp³-hybridized carbons (Fsp3) is 0.619. The smallest absolute Gasteiger partial charge is 0.411 e. The highest BCUT2D eigenvalue weighted by atomic mass is 16.6. The number of nitrogens with zero attached hydrogens (tertiary/aromatic N) is 1. The Hall–Kier alpha value is -2.08. The van der Waals surface area contributed by atoms with E-state index in [0.29, 0.717) is 12.5 Å². The van der Waals surface area contributed by atoms with Crippen LogP contribution in [0.3, 0.4) is 0 Å². The number of rotatable bonds is 2. The maximum Gasteiger partial charge on any atom is 0.411 e. The highest BCUT2D eigenvalue weighted by Gasteiger charge is 2.40. The van der Waals surface area contributed by atoms with E-state index in [-0.39, 0.29) is 0 Å². The van der Waals surface area contributed by atoms with E-state index in [1.54, 1.807) is 0 Å². The number of hydrogen-bond donors (Lipinski definition) is 1. The lowest BCUT2D eigenvalue weighted by Crippen LogP contribution is -2.46. The first-order valence-corrected chi connectivity index (χ1v) is 9.71. The van der Waals surface area contributed by atoms with Crippen molar-refractivity contribution >= 4 is 12.1 Å². The summed E-state index contributed by atoms with van der Waals surface area (Å²) < 4.78 is 10.6.